The number of hydrogen-bond donors (Lipinski definition) is 1. The predicted molar refractivity (Wildman–Crippen MR) is 111 cm³/mol. The molecule has 0 aromatic rings. The molecular weight excluding hydrogens is 384 g/mol. The average Bonchev–Trinajstić information content (AvgIpc) is 2.50. The van der Waals surface area contributed by atoms with Crippen LogP contribution in [0.2, 0.25) is 0 Å². The van der Waals surface area contributed by atoms with E-state index in [1.165, 1.54) is 10.6 Å². The van der Waals surface area contributed by atoms with Crippen molar-refractivity contribution in [3.8, 4) is 0 Å². The van der Waals surface area contributed by atoms with Crippen molar-refractivity contribution < 1.29 is 27.4 Å². The highest BCUT2D eigenvalue weighted by atomic mass is 32.2. The minimum Gasteiger partial charge on any atom is -0.447 e. The molecular formula is C19H40N2O6S. The quantitative estimate of drug-likeness (QED) is 0.513. The predicted octanol–water partition coefficient (Wildman–Crippen LogP) is 2.63. The summed E-state index contributed by atoms with van der Waals surface area (Å²) in [4.78, 5) is 11.9. The van der Waals surface area contributed by atoms with E-state index in [9.17, 15) is 13.2 Å². The van der Waals surface area contributed by atoms with Gasteiger partial charge in [-0.15, -0.1) is 0 Å². The van der Waals surface area contributed by atoms with Gasteiger partial charge >= 0.3 is 6.09 Å². The van der Waals surface area contributed by atoms with Crippen molar-refractivity contribution >= 4 is 16.1 Å². The number of nitrogens with zero attached hydrogens (tertiary/aromatic N) is 1. The minimum absolute atomic E-state index is 0.0526. The molecule has 0 unspecified atom stereocenters. The van der Waals surface area contributed by atoms with Crippen LogP contribution in [-0.4, -0.2) is 75.7 Å². The molecule has 0 aliphatic rings. The van der Waals surface area contributed by atoms with Crippen molar-refractivity contribution in [3.63, 3.8) is 0 Å². The summed E-state index contributed by atoms with van der Waals surface area (Å²) >= 11 is 0. The number of amides is 1. The van der Waals surface area contributed by atoms with Crippen LogP contribution in [0.1, 0.15) is 55.4 Å². The van der Waals surface area contributed by atoms with Gasteiger partial charge in [-0.05, 0) is 40.0 Å². The van der Waals surface area contributed by atoms with E-state index in [-0.39, 0.29) is 24.7 Å². The van der Waals surface area contributed by atoms with Gasteiger partial charge in [-0.25, -0.2) is 13.2 Å². The maximum absolute atomic E-state index is 12.3. The summed E-state index contributed by atoms with van der Waals surface area (Å²) in [6.45, 7) is 16.7. The Morgan fingerprint density at radius 2 is 1.71 bits per heavy atom. The average molecular weight is 425 g/mol. The summed E-state index contributed by atoms with van der Waals surface area (Å²) in [5.74, 6) is 0. The van der Waals surface area contributed by atoms with E-state index < -0.39 is 27.8 Å². The molecule has 0 rings (SSSR count). The summed E-state index contributed by atoms with van der Waals surface area (Å²) in [5.41, 5.74) is -0.768. The second-order valence-electron chi connectivity index (χ2n) is 8.95. The molecule has 0 aliphatic heterocycles. The second-order valence-corrected chi connectivity index (χ2v) is 10.9. The third-order valence-corrected chi connectivity index (χ3v) is 5.75. The molecule has 0 radical (unpaired) electrons. The molecule has 0 saturated heterocycles. The smallest absolute Gasteiger partial charge is 0.407 e. The van der Waals surface area contributed by atoms with Gasteiger partial charge in [-0.3, -0.25) is 0 Å². The maximum atomic E-state index is 12.3. The summed E-state index contributed by atoms with van der Waals surface area (Å²) in [6, 6.07) is 0. The van der Waals surface area contributed by atoms with Gasteiger partial charge in [0.25, 0.3) is 0 Å². The highest BCUT2D eigenvalue weighted by Crippen LogP contribution is 2.25. The Balaban J connectivity index is 5.13. The molecule has 0 fully saturated rings. The summed E-state index contributed by atoms with van der Waals surface area (Å²) in [7, 11) is -3.47. The molecule has 0 bridgehead atoms. The zero-order chi connectivity index (χ0) is 22.2. The van der Waals surface area contributed by atoms with Gasteiger partial charge in [0.2, 0.25) is 10.0 Å². The first kappa shape index (κ1) is 27.1. The Bertz CT molecular complexity index is 566. The molecule has 1 N–H and O–H groups in total. The van der Waals surface area contributed by atoms with E-state index in [1.807, 2.05) is 55.4 Å². The molecule has 0 aromatic carbocycles. The lowest BCUT2D eigenvalue weighted by molar-refractivity contribution is -0.0845. The third-order valence-electron chi connectivity index (χ3n) is 4.25. The Morgan fingerprint density at radius 1 is 1.14 bits per heavy atom. The lowest BCUT2D eigenvalue weighted by atomic mass is 9.90. The lowest BCUT2D eigenvalue weighted by Crippen LogP contribution is -2.51. The third kappa shape index (κ3) is 11.2. The normalized spacial score (nSPS) is 15.4. The number of alkyl carbamates (subject to hydrolysis) is 1. The van der Waals surface area contributed by atoms with Gasteiger partial charge in [0.15, 0.2) is 0 Å². The molecule has 2 atom stereocenters. The molecule has 0 spiro atoms. The van der Waals surface area contributed by atoms with Crippen LogP contribution in [0, 0.1) is 5.41 Å². The van der Waals surface area contributed by atoms with Gasteiger partial charge in [-0.2, -0.15) is 4.31 Å². The van der Waals surface area contributed by atoms with Gasteiger partial charge in [-0.1, -0.05) is 20.8 Å². The fourth-order valence-corrected chi connectivity index (χ4v) is 3.74. The SMILES string of the molecule is CCOCCNC(=O)OC[C@H](CN(C(C)(C)C)S(C)(=O)=O)O[C@@H](C)C(C)(C)C. The number of nitrogens with one attached hydrogen (secondary N) is 1. The van der Waals surface area contributed by atoms with Gasteiger partial charge in [0.05, 0.1) is 19.0 Å². The van der Waals surface area contributed by atoms with E-state index >= 15 is 0 Å². The Morgan fingerprint density at radius 3 is 2.14 bits per heavy atom. The number of carbonyl (C=O) groups is 1. The largest absolute Gasteiger partial charge is 0.447 e. The maximum Gasteiger partial charge on any atom is 0.407 e. The summed E-state index contributed by atoms with van der Waals surface area (Å²) < 4.78 is 42.4. The number of carbonyl (C=O) groups excluding carboxylic acids is 1. The Hall–Kier alpha value is -0.900. The standard InChI is InChI=1S/C19H40N2O6S/c1-10-25-12-11-20-17(22)26-14-16(27-15(2)18(3,4)5)13-21(19(6,7)8)28(9,23)24/h15-16H,10-14H2,1-9H3,(H,20,22)/t15-,16-/m0/s1. The van der Waals surface area contributed by atoms with Gasteiger partial charge < -0.3 is 19.5 Å². The van der Waals surface area contributed by atoms with Crippen molar-refractivity contribution in [2.45, 2.75) is 73.1 Å². The molecule has 0 saturated carbocycles. The first-order valence-electron chi connectivity index (χ1n) is 9.70. The lowest BCUT2D eigenvalue weighted by Gasteiger charge is -2.38. The summed E-state index contributed by atoms with van der Waals surface area (Å²) in [6.07, 6.45) is -0.174. The molecule has 0 aliphatic carbocycles. The van der Waals surface area contributed by atoms with Crippen LogP contribution >= 0.6 is 0 Å². The van der Waals surface area contributed by atoms with Gasteiger partial charge in [0, 0.05) is 25.2 Å². The fourth-order valence-electron chi connectivity index (χ4n) is 2.31. The van der Waals surface area contributed by atoms with E-state index in [0.717, 1.165) is 0 Å². The van der Waals surface area contributed by atoms with Crippen molar-refractivity contribution in [2.24, 2.45) is 5.41 Å². The first-order valence-corrected chi connectivity index (χ1v) is 11.6. The first-order chi connectivity index (χ1) is 12.6. The van der Waals surface area contributed by atoms with Crippen molar-refractivity contribution in [2.75, 3.05) is 39.2 Å². The van der Waals surface area contributed by atoms with Crippen LogP contribution in [0.5, 0.6) is 0 Å². The molecule has 28 heavy (non-hydrogen) atoms. The van der Waals surface area contributed by atoms with Crippen LogP contribution < -0.4 is 5.32 Å². The Kier molecular flexibility index (Phi) is 11.0. The van der Waals surface area contributed by atoms with Gasteiger partial charge in [0.1, 0.15) is 12.7 Å². The van der Waals surface area contributed by atoms with Crippen LogP contribution in [0.15, 0.2) is 0 Å². The summed E-state index contributed by atoms with van der Waals surface area (Å²) in [5, 5.41) is 2.60. The van der Waals surface area contributed by atoms with Crippen molar-refractivity contribution in [1.29, 1.82) is 0 Å². The molecule has 0 aromatic heterocycles. The number of sulfonamides is 1. The number of hydrogen-bond acceptors (Lipinski definition) is 6. The number of rotatable bonds is 11. The monoisotopic (exact) mass is 424 g/mol. The number of ether oxygens (including phenoxy) is 3. The zero-order valence-corrected chi connectivity index (χ0v) is 19.8. The zero-order valence-electron chi connectivity index (χ0n) is 19.0. The topological polar surface area (TPSA) is 94.2 Å². The fraction of sp³-hybridized carbons (Fsp3) is 0.947. The van der Waals surface area contributed by atoms with Crippen LogP contribution in [-0.2, 0) is 24.2 Å². The van der Waals surface area contributed by atoms with Crippen LogP contribution in [0.25, 0.3) is 0 Å². The second kappa shape index (κ2) is 11.3. The van der Waals surface area contributed by atoms with Crippen LogP contribution in [0.4, 0.5) is 4.79 Å². The molecule has 168 valence electrons. The van der Waals surface area contributed by atoms with Crippen molar-refractivity contribution in [1.82, 2.24) is 9.62 Å². The van der Waals surface area contributed by atoms with E-state index in [0.29, 0.717) is 19.8 Å². The minimum atomic E-state index is -3.47. The Labute approximate surface area is 171 Å². The molecule has 1 amide bonds. The molecule has 9 heteroatoms. The highest BCUT2D eigenvalue weighted by Gasteiger charge is 2.34. The highest BCUT2D eigenvalue weighted by molar-refractivity contribution is 7.88. The molecule has 8 nitrogen and oxygen atoms in total. The van der Waals surface area contributed by atoms with E-state index in [1.54, 1.807) is 0 Å². The van der Waals surface area contributed by atoms with E-state index in [4.69, 9.17) is 14.2 Å². The van der Waals surface area contributed by atoms with Crippen molar-refractivity contribution in [3.05, 3.63) is 0 Å². The van der Waals surface area contributed by atoms with E-state index in [2.05, 4.69) is 5.32 Å². The molecule has 0 heterocycles. The van der Waals surface area contributed by atoms with Crippen LogP contribution in [0.3, 0.4) is 0 Å².